The fraction of sp³-hybridized carbons (Fsp3) is 0.250. The number of nitrogens with one attached hydrogen (secondary N) is 1. The van der Waals surface area contributed by atoms with Crippen LogP contribution in [0.5, 0.6) is 0 Å². The van der Waals surface area contributed by atoms with Gasteiger partial charge in [-0.15, -0.1) is 0 Å². The lowest BCUT2D eigenvalue weighted by Gasteiger charge is -2.30. The van der Waals surface area contributed by atoms with Gasteiger partial charge in [0.2, 0.25) is 5.95 Å². The van der Waals surface area contributed by atoms with Crippen LogP contribution in [0.1, 0.15) is 29.3 Å². The average molecular weight is 393 g/mol. The first-order valence-electron chi connectivity index (χ1n) is 9.20. The maximum atomic E-state index is 13.7. The van der Waals surface area contributed by atoms with E-state index in [4.69, 9.17) is 0 Å². The van der Waals surface area contributed by atoms with Crippen LogP contribution in [0.4, 0.5) is 16.0 Å². The molecule has 0 saturated heterocycles. The molecular formula is C20H20FN7O. The molecule has 0 bridgehead atoms. The molecular weight excluding hydrogens is 373 g/mol. The second kappa shape index (κ2) is 7.78. The van der Waals surface area contributed by atoms with Crippen LogP contribution in [-0.4, -0.2) is 44.2 Å². The number of nitrogens with zero attached hydrogens (tertiary/aromatic N) is 6. The van der Waals surface area contributed by atoms with E-state index in [0.29, 0.717) is 12.2 Å². The molecule has 9 heteroatoms. The zero-order valence-electron chi connectivity index (χ0n) is 16.1. The highest BCUT2D eigenvalue weighted by molar-refractivity contribution is 6.04. The molecule has 0 spiro atoms. The van der Waals surface area contributed by atoms with Gasteiger partial charge >= 0.3 is 0 Å². The molecule has 2 aromatic heterocycles. The van der Waals surface area contributed by atoms with E-state index in [1.165, 1.54) is 23.4 Å². The van der Waals surface area contributed by atoms with Crippen LogP contribution in [0.15, 0.2) is 48.3 Å². The lowest BCUT2D eigenvalue weighted by molar-refractivity contribution is 0.102. The number of carbonyl (C=O) groups is 1. The van der Waals surface area contributed by atoms with Gasteiger partial charge in [-0.25, -0.2) is 9.07 Å². The summed E-state index contributed by atoms with van der Waals surface area (Å²) in [5.41, 5.74) is 4.14. The second-order valence-electron chi connectivity index (χ2n) is 6.92. The summed E-state index contributed by atoms with van der Waals surface area (Å²) < 4.78 is 15.4. The molecule has 0 fully saturated rings. The van der Waals surface area contributed by atoms with Crippen LogP contribution < -0.4 is 10.2 Å². The molecule has 4 rings (SSSR count). The fourth-order valence-corrected chi connectivity index (χ4v) is 3.37. The summed E-state index contributed by atoms with van der Waals surface area (Å²) >= 11 is 0. The Bertz CT molecular complexity index is 1070. The van der Waals surface area contributed by atoms with E-state index in [1.807, 2.05) is 31.3 Å². The van der Waals surface area contributed by atoms with Gasteiger partial charge in [-0.1, -0.05) is 22.8 Å². The van der Waals surface area contributed by atoms with E-state index in [0.717, 1.165) is 30.7 Å². The van der Waals surface area contributed by atoms with Crippen molar-refractivity contribution in [2.45, 2.75) is 13.3 Å². The lowest BCUT2D eigenvalue weighted by atomic mass is 9.95. The van der Waals surface area contributed by atoms with Crippen molar-refractivity contribution in [3.63, 3.8) is 0 Å². The highest BCUT2D eigenvalue weighted by Gasteiger charge is 2.21. The number of aromatic nitrogens is 5. The standard InChI is InChI=1S/C20H20FN7O/c1-13-8-10-28(20-24-25-26-27(20)2)12-17(13)14-3-5-15(6-4-14)23-19(29)16-7-9-22-11-18(16)21/h3-7,9,11H,8,10,12H2,1-2H3,(H,23,29). The van der Waals surface area contributed by atoms with Crippen molar-refractivity contribution in [3.05, 3.63) is 65.2 Å². The molecule has 0 atom stereocenters. The van der Waals surface area contributed by atoms with Crippen LogP contribution in [0.25, 0.3) is 5.57 Å². The molecule has 0 saturated carbocycles. The van der Waals surface area contributed by atoms with E-state index in [1.54, 1.807) is 4.68 Å². The van der Waals surface area contributed by atoms with Gasteiger partial charge in [-0.05, 0) is 53.1 Å². The first-order valence-corrected chi connectivity index (χ1v) is 9.20. The number of tetrazole rings is 1. The summed E-state index contributed by atoms with van der Waals surface area (Å²) in [5.74, 6) is -0.423. The normalized spacial score (nSPS) is 14.2. The molecule has 0 aliphatic carbocycles. The largest absolute Gasteiger partial charge is 0.335 e. The number of carbonyl (C=O) groups excluding carboxylic acids is 1. The zero-order chi connectivity index (χ0) is 20.4. The van der Waals surface area contributed by atoms with Crippen LogP contribution >= 0.6 is 0 Å². The zero-order valence-corrected chi connectivity index (χ0v) is 16.1. The molecule has 3 heterocycles. The number of anilines is 2. The number of hydrogen-bond donors (Lipinski definition) is 1. The number of hydrogen-bond acceptors (Lipinski definition) is 6. The Labute approximate surface area is 167 Å². The maximum Gasteiger partial charge on any atom is 0.258 e. The number of aryl methyl sites for hydroxylation is 1. The number of amides is 1. The van der Waals surface area contributed by atoms with Gasteiger partial charge in [-0.2, -0.15) is 0 Å². The molecule has 148 valence electrons. The van der Waals surface area contributed by atoms with E-state index in [2.05, 4.69) is 37.6 Å². The molecule has 0 unspecified atom stereocenters. The molecule has 29 heavy (non-hydrogen) atoms. The van der Waals surface area contributed by atoms with E-state index in [-0.39, 0.29) is 5.56 Å². The summed E-state index contributed by atoms with van der Waals surface area (Å²) in [5, 5.41) is 14.4. The lowest BCUT2D eigenvalue weighted by Crippen LogP contribution is -2.33. The molecule has 1 aliphatic rings. The average Bonchev–Trinajstić information content (AvgIpc) is 3.15. The number of halogens is 1. The Morgan fingerprint density at radius 3 is 2.69 bits per heavy atom. The Balaban J connectivity index is 1.50. The third kappa shape index (κ3) is 3.84. The van der Waals surface area contributed by atoms with E-state index < -0.39 is 11.7 Å². The molecule has 1 aromatic carbocycles. The summed E-state index contributed by atoms with van der Waals surface area (Å²) in [6.07, 6.45) is 3.33. The van der Waals surface area contributed by atoms with Crippen LogP contribution in [0.2, 0.25) is 0 Å². The number of pyridine rings is 1. The van der Waals surface area contributed by atoms with Crippen molar-refractivity contribution in [2.24, 2.45) is 7.05 Å². The van der Waals surface area contributed by atoms with Crippen molar-refractivity contribution in [1.82, 2.24) is 25.2 Å². The summed E-state index contributed by atoms with van der Waals surface area (Å²) in [7, 11) is 1.82. The SMILES string of the molecule is CC1=C(c2ccc(NC(=O)c3ccncc3F)cc2)CN(c2nnnn2C)CC1. The van der Waals surface area contributed by atoms with Gasteiger partial charge in [0.05, 0.1) is 11.8 Å². The second-order valence-corrected chi connectivity index (χ2v) is 6.92. The van der Waals surface area contributed by atoms with Crippen molar-refractivity contribution < 1.29 is 9.18 Å². The van der Waals surface area contributed by atoms with Crippen molar-refractivity contribution in [2.75, 3.05) is 23.3 Å². The van der Waals surface area contributed by atoms with Crippen LogP contribution in [-0.2, 0) is 7.05 Å². The molecule has 1 aliphatic heterocycles. The van der Waals surface area contributed by atoms with E-state index >= 15 is 0 Å². The topological polar surface area (TPSA) is 88.8 Å². The van der Waals surface area contributed by atoms with Crippen LogP contribution in [0.3, 0.4) is 0 Å². The quantitative estimate of drug-likeness (QED) is 0.733. The highest BCUT2D eigenvalue weighted by atomic mass is 19.1. The highest BCUT2D eigenvalue weighted by Crippen LogP contribution is 2.29. The smallest absolute Gasteiger partial charge is 0.258 e. The first kappa shape index (κ1) is 18.7. The Morgan fingerprint density at radius 1 is 1.21 bits per heavy atom. The minimum Gasteiger partial charge on any atom is -0.335 e. The summed E-state index contributed by atoms with van der Waals surface area (Å²) in [6.45, 7) is 3.69. The molecule has 1 N–H and O–H groups in total. The predicted octanol–water partition coefficient (Wildman–Crippen LogP) is 2.68. The Hall–Kier alpha value is -3.62. The van der Waals surface area contributed by atoms with Gasteiger partial charge in [0.25, 0.3) is 5.91 Å². The Kier molecular flexibility index (Phi) is 5.03. The van der Waals surface area contributed by atoms with Crippen molar-refractivity contribution >= 4 is 23.1 Å². The van der Waals surface area contributed by atoms with E-state index in [9.17, 15) is 9.18 Å². The van der Waals surface area contributed by atoms with Gasteiger partial charge in [0, 0.05) is 32.0 Å². The number of benzene rings is 1. The van der Waals surface area contributed by atoms with Gasteiger partial charge < -0.3 is 10.2 Å². The Morgan fingerprint density at radius 2 is 2.00 bits per heavy atom. The monoisotopic (exact) mass is 393 g/mol. The maximum absolute atomic E-state index is 13.7. The first-order chi connectivity index (χ1) is 14.0. The molecule has 1 amide bonds. The third-order valence-electron chi connectivity index (χ3n) is 5.01. The molecule has 8 nitrogen and oxygen atoms in total. The van der Waals surface area contributed by atoms with Gasteiger partial charge in [-0.3, -0.25) is 9.78 Å². The summed E-state index contributed by atoms with van der Waals surface area (Å²) in [6, 6.07) is 8.89. The van der Waals surface area contributed by atoms with Crippen LogP contribution in [0, 0.1) is 5.82 Å². The minimum atomic E-state index is -0.650. The van der Waals surface area contributed by atoms with Gasteiger partial charge in [0.15, 0.2) is 5.82 Å². The summed E-state index contributed by atoms with van der Waals surface area (Å²) in [4.78, 5) is 18.1. The molecule has 3 aromatic rings. The third-order valence-corrected chi connectivity index (χ3v) is 5.01. The van der Waals surface area contributed by atoms with Crippen molar-refractivity contribution in [1.29, 1.82) is 0 Å². The minimum absolute atomic E-state index is 0.0390. The van der Waals surface area contributed by atoms with Gasteiger partial charge in [0.1, 0.15) is 0 Å². The van der Waals surface area contributed by atoms with Crippen molar-refractivity contribution in [3.8, 4) is 0 Å². The number of rotatable bonds is 4. The molecule has 0 radical (unpaired) electrons. The predicted molar refractivity (Wildman–Crippen MR) is 107 cm³/mol. The fourth-order valence-electron chi connectivity index (χ4n) is 3.37.